The maximum absolute atomic E-state index is 4.32. The van der Waals surface area contributed by atoms with Crippen molar-refractivity contribution in [3.63, 3.8) is 0 Å². The summed E-state index contributed by atoms with van der Waals surface area (Å²) in [5, 5.41) is 20.0. The Hall–Kier alpha value is -2.70. The summed E-state index contributed by atoms with van der Waals surface area (Å²) in [5.41, 5.74) is 3.86. The molecule has 1 aromatic carbocycles. The van der Waals surface area contributed by atoms with Gasteiger partial charge in [-0.15, -0.1) is 0 Å². The number of hydrogen-bond acceptors (Lipinski definition) is 5. The molecule has 0 aliphatic carbocycles. The molecule has 136 valence electrons. The number of benzene rings is 1. The predicted octanol–water partition coefficient (Wildman–Crippen LogP) is 2.95. The van der Waals surface area contributed by atoms with E-state index in [0.717, 1.165) is 38.3 Å². The normalized spacial score (nSPS) is 16.8. The zero-order chi connectivity index (χ0) is 17.9. The van der Waals surface area contributed by atoms with Crippen LogP contribution in [-0.2, 0) is 6.42 Å². The highest BCUT2D eigenvalue weighted by Crippen LogP contribution is 2.31. The second-order valence-electron chi connectivity index (χ2n) is 6.93. The molecule has 1 unspecified atom stereocenters. The lowest BCUT2D eigenvalue weighted by molar-refractivity contribution is 0.469. The summed E-state index contributed by atoms with van der Waals surface area (Å²) in [7, 11) is 0. The van der Waals surface area contributed by atoms with E-state index in [1.807, 2.05) is 16.9 Å². The van der Waals surface area contributed by atoms with Gasteiger partial charge in [0.15, 0.2) is 0 Å². The fourth-order valence-electron chi connectivity index (χ4n) is 3.84. The predicted molar refractivity (Wildman–Crippen MR) is 100 cm³/mol. The van der Waals surface area contributed by atoms with Crippen LogP contribution in [0.3, 0.4) is 0 Å². The van der Waals surface area contributed by atoms with Gasteiger partial charge in [0, 0.05) is 24.7 Å². The topological polar surface area (TPSA) is 75.5 Å². The molecule has 7 nitrogen and oxygen atoms in total. The molecule has 1 aliphatic heterocycles. The minimum absolute atomic E-state index is 0.109. The zero-order valence-electron chi connectivity index (χ0n) is 15.3. The number of hydrogen-bond donors (Lipinski definition) is 1. The second kappa shape index (κ2) is 7.27. The molecule has 1 atom stereocenters. The van der Waals surface area contributed by atoms with Gasteiger partial charge in [-0.3, -0.25) is 5.10 Å². The first-order valence-corrected chi connectivity index (χ1v) is 9.37. The molecule has 0 spiro atoms. The van der Waals surface area contributed by atoms with Crippen molar-refractivity contribution in [1.82, 2.24) is 30.4 Å². The summed E-state index contributed by atoms with van der Waals surface area (Å²) in [6.07, 6.45) is 5.16. The van der Waals surface area contributed by atoms with E-state index in [4.69, 9.17) is 0 Å². The van der Waals surface area contributed by atoms with Gasteiger partial charge in [0.05, 0.1) is 12.2 Å². The van der Waals surface area contributed by atoms with Crippen molar-refractivity contribution in [3.8, 4) is 0 Å². The Kier molecular flexibility index (Phi) is 4.69. The van der Waals surface area contributed by atoms with Gasteiger partial charge < -0.3 is 4.90 Å². The fraction of sp³-hybridized carbons (Fsp3) is 0.474. The van der Waals surface area contributed by atoms with Crippen LogP contribution in [0.2, 0.25) is 0 Å². The van der Waals surface area contributed by atoms with E-state index in [-0.39, 0.29) is 6.04 Å². The number of piperidine rings is 1. The Labute approximate surface area is 153 Å². The number of aromatic nitrogens is 6. The van der Waals surface area contributed by atoms with Gasteiger partial charge in [-0.05, 0) is 47.7 Å². The van der Waals surface area contributed by atoms with Crippen molar-refractivity contribution in [2.75, 3.05) is 18.0 Å². The molecule has 2 aromatic heterocycles. The number of nitrogens with one attached hydrogen (secondary N) is 1. The van der Waals surface area contributed by atoms with Gasteiger partial charge in [-0.2, -0.15) is 5.10 Å². The molecule has 3 heterocycles. The number of aryl methyl sites for hydroxylation is 1. The second-order valence-corrected chi connectivity index (χ2v) is 6.93. The summed E-state index contributed by atoms with van der Waals surface area (Å²) in [6, 6.07) is 10.5. The Bertz CT molecular complexity index is 830. The van der Waals surface area contributed by atoms with Crippen LogP contribution in [0.15, 0.2) is 36.5 Å². The number of H-pyrrole nitrogens is 1. The van der Waals surface area contributed by atoms with Crippen LogP contribution in [0, 0.1) is 0 Å². The van der Waals surface area contributed by atoms with Gasteiger partial charge in [0.1, 0.15) is 0 Å². The van der Waals surface area contributed by atoms with E-state index >= 15 is 0 Å². The van der Waals surface area contributed by atoms with Crippen molar-refractivity contribution in [2.24, 2.45) is 0 Å². The third-order valence-corrected chi connectivity index (χ3v) is 5.44. The quantitative estimate of drug-likeness (QED) is 0.765. The lowest BCUT2D eigenvalue weighted by atomic mass is 9.91. The summed E-state index contributed by atoms with van der Waals surface area (Å²) in [5.74, 6) is 1.40. The Balaban J connectivity index is 1.48. The number of anilines is 1. The molecule has 0 amide bonds. The Morgan fingerprint density at radius 1 is 1.19 bits per heavy atom. The largest absolute Gasteiger partial charge is 0.340 e. The van der Waals surface area contributed by atoms with Crippen molar-refractivity contribution in [3.05, 3.63) is 53.3 Å². The average Bonchev–Trinajstić information content (AvgIpc) is 3.37. The zero-order valence-corrected chi connectivity index (χ0v) is 15.3. The summed E-state index contributed by atoms with van der Waals surface area (Å²) >= 11 is 0. The maximum atomic E-state index is 4.32. The lowest BCUT2D eigenvalue weighted by Gasteiger charge is -2.32. The molecule has 3 aromatic rings. The molecule has 7 heteroatoms. The molecular formula is C19H25N7. The highest BCUT2D eigenvalue weighted by atomic mass is 15.6. The first kappa shape index (κ1) is 16.8. The first-order valence-electron chi connectivity index (χ1n) is 9.37. The van der Waals surface area contributed by atoms with Crippen LogP contribution in [0.25, 0.3) is 0 Å². The van der Waals surface area contributed by atoms with E-state index in [0.29, 0.717) is 5.92 Å². The minimum Gasteiger partial charge on any atom is -0.340 e. The fourth-order valence-corrected chi connectivity index (χ4v) is 3.84. The van der Waals surface area contributed by atoms with Crippen molar-refractivity contribution < 1.29 is 0 Å². The molecule has 1 N–H and O–H groups in total. The monoisotopic (exact) mass is 351 g/mol. The standard InChI is InChI=1S/C19H25N7/c1-3-15-13-20-21-18(15)17-9-11-25(12-10-17)19-22-23-24-26(19)14(2)16-7-5-4-6-8-16/h4-8,13-14,17H,3,9-12H2,1-2H3,(H,20,21). The highest BCUT2D eigenvalue weighted by Gasteiger charge is 2.27. The van der Waals surface area contributed by atoms with Crippen LogP contribution in [-0.4, -0.2) is 43.5 Å². The number of aromatic amines is 1. The first-order chi connectivity index (χ1) is 12.8. The van der Waals surface area contributed by atoms with Crippen LogP contribution >= 0.6 is 0 Å². The SMILES string of the molecule is CCc1cn[nH]c1C1CCN(c2nnnn2C(C)c2ccccc2)CC1. The molecule has 0 bridgehead atoms. The van der Waals surface area contributed by atoms with E-state index in [1.165, 1.54) is 16.8 Å². The van der Waals surface area contributed by atoms with Gasteiger partial charge >= 0.3 is 0 Å². The number of nitrogens with zero attached hydrogens (tertiary/aromatic N) is 6. The molecule has 0 radical (unpaired) electrons. The van der Waals surface area contributed by atoms with Crippen LogP contribution in [0.4, 0.5) is 5.95 Å². The van der Waals surface area contributed by atoms with E-state index in [1.54, 1.807) is 0 Å². The molecule has 1 fully saturated rings. The number of rotatable bonds is 5. The third-order valence-electron chi connectivity index (χ3n) is 5.44. The molecule has 26 heavy (non-hydrogen) atoms. The van der Waals surface area contributed by atoms with Crippen LogP contribution < -0.4 is 4.90 Å². The Morgan fingerprint density at radius 3 is 2.69 bits per heavy atom. The maximum Gasteiger partial charge on any atom is 0.246 e. The molecule has 1 saturated heterocycles. The van der Waals surface area contributed by atoms with E-state index in [2.05, 4.69) is 68.7 Å². The minimum atomic E-state index is 0.109. The molecule has 4 rings (SSSR count). The summed E-state index contributed by atoms with van der Waals surface area (Å²) in [4.78, 5) is 2.30. The average molecular weight is 351 g/mol. The van der Waals surface area contributed by atoms with Crippen molar-refractivity contribution in [2.45, 2.75) is 45.1 Å². The van der Waals surface area contributed by atoms with Crippen molar-refractivity contribution >= 4 is 5.95 Å². The van der Waals surface area contributed by atoms with Gasteiger partial charge in [-0.1, -0.05) is 42.4 Å². The molecule has 0 saturated carbocycles. The lowest BCUT2D eigenvalue weighted by Crippen LogP contribution is -2.35. The summed E-state index contributed by atoms with van der Waals surface area (Å²) < 4.78 is 1.93. The van der Waals surface area contributed by atoms with Gasteiger partial charge in [0.25, 0.3) is 0 Å². The summed E-state index contributed by atoms with van der Waals surface area (Å²) in [6.45, 7) is 6.23. The smallest absolute Gasteiger partial charge is 0.246 e. The Morgan fingerprint density at radius 2 is 1.96 bits per heavy atom. The van der Waals surface area contributed by atoms with Crippen molar-refractivity contribution in [1.29, 1.82) is 0 Å². The van der Waals surface area contributed by atoms with Crippen LogP contribution in [0.5, 0.6) is 0 Å². The van der Waals surface area contributed by atoms with Gasteiger partial charge in [-0.25, -0.2) is 4.68 Å². The van der Waals surface area contributed by atoms with E-state index < -0.39 is 0 Å². The molecular weight excluding hydrogens is 326 g/mol. The molecule has 1 aliphatic rings. The van der Waals surface area contributed by atoms with E-state index in [9.17, 15) is 0 Å². The number of tetrazole rings is 1. The van der Waals surface area contributed by atoms with Crippen LogP contribution in [0.1, 0.15) is 55.5 Å². The third kappa shape index (κ3) is 3.09. The van der Waals surface area contributed by atoms with Gasteiger partial charge in [0.2, 0.25) is 5.95 Å². The highest BCUT2D eigenvalue weighted by molar-refractivity contribution is 5.33.